The van der Waals surface area contributed by atoms with Gasteiger partial charge in [0.2, 0.25) is 0 Å². The fourth-order valence-electron chi connectivity index (χ4n) is 1.52. The highest BCUT2D eigenvalue weighted by Gasteiger charge is 2.77. The van der Waals surface area contributed by atoms with Crippen molar-refractivity contribution in [1.82, 2.24) is 0 Å². The first-order chi connectivity index (χ1) is 11.1. The fourth-order valence-corrected chi connectivity index (χ4v) is 1.52. The molecule has 0 fully saturated rings. The fraction of sp³-hybridized carbons (Fsp3) is 0.300. The van der Waals surface area contributed by atoms with Crippen LogP contribution in [-0.4, -0.2) is 33.8 Å². The number of amides is 1. The molecule has 0 heterocycles. The van der Waals surface area contributed by atoms with Gasteiger partial charge in [0.1, 0.15) is 5.69 Å². The Kier molecular flexibility index (Phi) is 4.92. The van der Waals surface area contributed by atoms with E-state index in [4.69, 9.17) is 0 Å². The van der Waals surface area contributed by atoms with Gasteiger partial charge in [-0.3, -0.25) is 25.0 Å². The third-order valence-electron chi connectivity index (χ3n) is 2.73. The van der Waals surface area contributed by atoms with E-state index in [0.29, 0.717) is 12.1 Å². The van der Waals surface area contributed by atoms with Gasteiger partial charge in [-0.05, 0) is 6.07 Å². The van der Waals surface area contributed by atoms with Crippen LogP contribution in [0.15, 0.2) is 18.2 Å². The summed E-state index contributed by atoms with van der Waals surface area (Å²) in [5.41, 5.74) is -10.00. The summed E-state index contributed by atoms with van der Waals surface area (Å²) in [5, 5.41) is 22.0. The molecule has 0 aliphatic carbocycles. The van der Waals surface area contributed by atoms with Crippen LogP contribution in [0, 0.1) is 20.2 Å². The third kappa shape index (κ3) is 3.58. The maximum Gasteiger partial charge on any atom is 0.441 e. The van der Waals surface area contributed by atoms with Gasteiger partial charge in [-0.2, -0.15) is 26.3 Å². The molecule has 1 aromatic rings. The van der Waals surface area contributed by atoms with Gasteiger partial charge in [0.25, 0.3) is 17.3 Å². The quantitative estimate of drug-likeness (QED) is 0.490. The number of non-ortho nitro benzene ring substituents is 1. The van der Waals surface area contributed by atoms with Crippen molar-refractivity contribution in [3.63, 3.8) is 0 Å². The summed E-state index contributed by atoms with van der Waals surface area (Å²) in [6, 6.07) is 0.905. The molecule has 1 aromatic carbocycles. The number of anilines is 1. The standard InChI is InChI=1S/C10H4F7N3O5/c11-8(9(12,13)14,10(15,16)17)7(21)18-5-2-1-4(19(22)23)3-6(5)20(24)25/h1-3H,(H,18,21). The molecule has 1 amide bonds. The lowest BCUT2D eigenvalue weighted by Crippen LogP contribution is -2.60. The van der Waals surface area contributed by atoms with Crippen LogP contribution in [0.5, 0.6) is 0 Å². The van der Waals surface area contributed by atoms with Crippen molar-refractivity contribution in [2.45, 2.75) is 18.0 Å². The van der Waals surface area contributed by atoms with Crippen molar-refractivity contribution < 1.29 is 45.4 Å². The largest absolute Gasteiger partial charge is 0.441 e. The predicted molar refractivity (Wildman–Crippen MR) is 64.3 cm³/mol. The summed E-state index contributed by atoms with van der Waals surface area (Å²) < 4.78 is 87.9. The molecule has 15 heteroatoms. The van der Waals surface area contributed by atoms with Crippen LogP contribution in [0.3, 0.4) is 0 Å². The molecule has 0 unspecified atom stereocenters. The number of carbonyl (C=O) groups excluding carboxylic acids is 1. The van der Waals surface area contributed by atoms with E-state index in [1.807, 2.05) is 0 Å². The van der Waals surface area contributed by atoms with Gasteiger partial charge < -0.3 is 5.32 Å². The molecule has 0 atom stereocenters. The van der Waals surface area contributed by atoms with Gasteiger partial charge in [-0.15, -0.1) is 0 Å². The number of nitrogens with one attached hydrogen (secondary N) is 1. The SMILES string of the molecule is O=C(Nc1ccc([N+](=O)[O-])cc1[N+](=O)[O-])C(F)(C(F)(F)F)C(F)(F)F. The number of nitrogens with zero attached hydrogens (tertiary/aromatic N) is 2. The zero-order chi connectivity index (χ0) is 19.8. The summed E-state index contributed by atoms with van der Waals surface area (Å²) in [6.45, 7) is 0. The van der Waals surface area contributed by atoms with Gasteiger partial charge in [0.05, 0.1) is 15.9 Å². The molecule has 8 nitrogen and oxygen atoms in total. The first-order valence-corrected chi connectivity index (χ1v) is 5.69. The summed E-state index contributed by atoms with van der Waals surface area (Å²) in [5.74, 6) is -3.29. The van der Waals surface area contributed by atoms with Crippen molar-refractivity contribution in [3.8, 4) is 0 Å². The number of carbonyl (C=O) groups is 1. The molecule has 0 aliphatic rings. The Labute approximate surface area is 131 Å². The number of halogens is 7. The minimum atomic E-state index is -6.72. The van der Waals surface area contributed by atoms with E-state index >= 15 is 0 Å². The molecule has 0 saturated carbocycles. The zero-order valence-electron chi connectivity index (χ0n) is 11.3. The smallest absolute Gasteiger partial charge is 0.317 e. The first-order valence-electron chi connectivity index (χ1n) is 5.69. The van der Waals surface area contributed by atoms with Crippen molar-refractivity contribution in [2.75, 3.05) is 5.32 Å². The Morgan fingerprint density at radius 1 is 0.920 bits per heavy atom. The summed E-state index contributed by atoms with van der Waals surface area (Å²) in [4.78, 5) is 29.8. The molecule has 0 aromatic heterocycles. The minimum absolute atomic E-state index is 0.163. The van der Waals surface area contributed by atoms with Gasteiger partial charge in [0, 0.05) is 6.07 Å². The van der Waals surface area contributed by atoms with Gasteiger partial charge >= 0.3 is 18.0 Å². The molecular weight excluding hydrogens is 375 g/mol. The lowest BCUT2D eigenvalue weighted by Gasteiger charge is -2.28. The summed E-state index contributed by atoms with van der Waals surface area (Å²) in [7, 11) is 0. The van der Waals surface area contributed by atoms with Crippen LogP contribution in [0.4, 0.5) is 47.8 Å². The Bertz CT molecular complexity index is 717. The number of nitro benzene ring substituents is 2. The molecule has 0 spiro atoms. The first kappa shape index (κ1) is 20.0. The van der Waals surface area contributed by atoms with E-state index in [1.54, 1.807) is 0 Å². The lowest BCUT2D eigenvalue weighted by atomic mass is 10.0. The third-order valence-corrected chi connectivity index (χ3v) is 2.73. The van der Waals surface area contributed by atoms with Crippen LogP contribution in [-0.2, 0) is 4.79 Å². The van der Waals surface area contributed by atoms with Crippen molar-refractivity contribution >= 4 is 23.0 Å². The number of hydrogen-bond donors (Lipinski definition) is 1. The van der Waals surface area contributed by atoms with E-state index in [-0.39, 0.29) is 6.07 Å². The lowest BCUT2D eigenvalue weighted by molar-refractivity contribution is -0.393. The van der Waals surface area contributed by atoms with E-state index in [0.717, 1.165) is 5.32 Å². The molecule has 138 valence electrons. The molecule has 0 bridgehead atoms. The van der Waals surface area contributed by atoms with Crippen molar-refractivity contribution in [3.05, 3.63) is 38.4 Å². The van der Waals surface area contributed by atoms with E-state index in [9.17, 15) is 55.8 Å². The predicted octanol–water partition coefficient (Wildman–Crippen LogP) is 3.27. The highest BCUT2D eigenvalue weighted by Crippen LogP contribution is 2.47. The van der Waals surface area contributed by atoms with Gasteiger partial charge in [0.15, 0.2) is 0 Å². The zero-order valence-corrected chi connectivity index (χ0v) is 11.3. The van der Waals surface area contributed by atoms with Crippen LogP contribution >= 0.6 is 0 Å². The second kappa shape index (κ2) is 6.14. The minimum Gasteiger partial charge on any atom is -0.317 e. The average Bonchev–Trinajstić information content (AvgIpc) is 2.43. The monoisotopic (exact) mass is 379 g/mol. The second-order valence-electron chi connectivity index (χ2n) is 4.32. The molecule has 1 N–H and O–H groups in total. The molecule has 1 rings (SSSR count). The number of alkyl halides is 7. The van der Waals surface area contributed by atoms with E-state index in [1.165, 1.54) is 0 Å². The summed E-state index contributed by atoms with van der Waals surface area (Å²) >= 11 is 0. The van der Waals surface area contributed by atoms with Crippen LogP contribution < -0.4 is 5.32 Å². The number of benzene rings is 1. The summed E-state index contributed by atoms with van der Waals surface area (Å²) in [6.07, 6.45) is -13.4. The molecular formula is C10H4F7N3O5. The van der Waals surface area contributed by atoms with Gasteiger partial charge in [-0.25, -0.2) is 4.39 Å². The number of nitro groups is 2. The normalized spacial score (nSPS) is 12.6. The Morgan fingerprint density at radius 3 is 1.76 bits per heavy atom. The topological polar surface area (TPSA) is 115 Å². The molecule has 0 aliphatic heterocycles. The molecule has 25 heavy (non-hydrogen) atoms. The maximum atomic E-state index is 13.5. The second-order valence-corrected chi connectivity index (χ2v) is 4.32. The Balaban J connectivity index is 3.40. The average molecular weight is 379 g/mol. The van der Waals surface area contributed by atoms with E-state index < -0.39 is 50.8 Å². The molecule has 0 saturated heterocycles. The van der Waals surface area contributed by atoms with E-state index in [2.05, 4.69) is 0 Å². The van der Waals surface area contributed by atoms with Crippen LogP contribution in [0.1, 0.15) is 0 Å². The van der Waals surface area contributed by atoms with Crippen molar-refractivity contribution in [1.29, 1.82) is 0 Å². The van der Waals surface area contributed by atoms with Crippen LogP contribution in [0.25, 0.3) is 0 Å². The van der Waals surface area contributed by atoms with Gasteiger partial charge in [-0.1, -0.05) is 0 Å². The van der Waals surface area contributed by atoms with Crippen LogP contribution in [0.2, 0.25) is 0 Å². The Morgan fingerprint density at radius 2 is 1.40 bits per heavy atom. The molecule has 0 radical (unpaired) electrons. The number of rotatable bonds is 4. The Hall–Kier alpha value is -3.00. The maximum absolute atomic E-state index is 13.5. The highest BCUT2D eigenvalue weighted by atomic mass is 19.4. The highest BCUT2D eigenvalue weighted by molar-refractivity contribution is 6.00. The van der Waals surface area contributed by atoms with Crippen molar-refractivity contribution in [2.24, 2.45) is 0 Å². The number of hydrogen-bond acceptors (Lipinski definition) is 5.